The second-order valence-corrected chi connectivity index (χ2v) is 9.36. The van der Waals surface area contributed by atoms with Crippen LogP contribution >= 0.6 is 27.3 Å². The molecule has 4 saturated carbocycles. The van der Waals surface area contributed by atoms with E-state index < -0.39 is 0 Å². The summed E-state index contributed by atoms with van der Waals surface area (Å²) >= 11 is 5.25. The first-order valence-corrected chi connectivity index (χ1v) is 9.53. The molecule has 0 spiro atoms. The van der Waals surface area contributed by atoms with Crippen molar-refractivity contribution in [1.29, 1.82) is 0 Å². The lowest BCUT2D eigenvalue weighted by atomic mass is 9.48. The molecule has 0 aromatic carbocycles. The fraction of sp³-hybridized carbons (Fsp3) is 0.706. The van der Waals surface area contributed by atoms with Crippen molar-refractivity contribution in [2.75, 3.05) is 0 Å². The Morgan fingerprint density at radius 3 is 2.30 bits per heavy atom. The minimum atomic E-state index is 0.398. The zero-order valence-electron chi connectivity index (χ0n) is 11.7. The van der Waals surface area contributed by atoms with Crippen molar-refractivity contribution in [2.45, 2.75) is 51.4 Å². The third kappa shape index (κ3) is 2.41. The van der Waals surface area contributed by atoms with E-state index in [1.54, 1.807) is 11.3 Å². The van der Waals surface area contributed by atoms with Gasteiger partial charge in [-0.3, -0.25) is 4.79 Å². The van der Waals surface area contributed by atoms with Crippen molar-refractivity contribution in [3.8, 4) is 0 Å². The molecule has 0 amide bonds. The monoisotopic (exact) mass is 352 g/mol. The van der Waals surface area contributed by atoms with E-state index in [1.165, 1.54) is 43.4 Å². The van der Waals surface area contributed by atoms with E-state index in [1.807, 2.05) is 0 Å². The van der Waals surface area contributed by atoms with Crippen LogP contribution in [0, 0.1) is 23.2 Å². The maximum atomic E-state index is 12.5. The van der Waals surface area contributed by atoms with Crippen LogP contribution in [0.5, 0.6) is 0 Å². The summed E-state index contributed by atoms with van der Waals surface area (Å²) in [6.07, 6.45) is 9.90. The quantitative estimate of drug-likeness (QED) is 0.724. The molecule has 1 aromatic rings. The molecule has 4 fully saturated rings. The lowest BCUT2D eigenvalue weighted by Crippen LogP contribution is -2.47. The second kappa shape index (κ2) is 4.95. The summed E-state index contributed by atoms with van der Waals surface area (Å²) in [5.41, 5.74) is 0.398. The summed E-state index contributed by atoms with van der Waals surface area (Å²) in [5.74, 6) is 3.31. The number of hydrogen-bond acceptors (Lipinski definition) is 2. The summed E-state index contributed by atoms with van der Waals surface area (Å²) < 4.78 is 1.11. The molecule has 0 aliphatic heterocycles. The number of thiophene rings is 1. The van der Waals surface area contributed by atoms with Gasteiger partial charge in [0, 0.05) is 22.2 Å². The molecule has 4 aliphatic carbocycles. The van der Waals surface area contributed by atoms with Crippen molar-refractivity contribution < 1.29 is 4.79 Å². The highest BCUT2D eigenvalue weighted by molar-refractivity contribution is 9.10. The molecule has 0 radical (unpaired) electrons. The van der Waals surface area contributed by atoms with E-state index in [4.69, 9.17) is 0 Å². The van der Waals surface area contributed by atoms with Gasteiger partial charge in [0.1, 0.15) is 5.78 Å². The first kappa shape index (κ1) is 13.5. The molecule has 0 N–H and O–H groups in total. The molecule has 1 nitrogen and oxygen atoms in total. The van der Waals surface area contributed by atoms with Gasteiger partial charge >= 0.3 is 0 Å². The SMILES string of the molecule is O=C(Cc1sccc1Br)CC12CC3CC(CC(C3)C1)C2. The van der Waals surface area contributed by atoms with E-state index in [0.717, 1.165) is 28.6 Å². The number of halogens is 1. The maximum absolute atomic E-state index is 12.5. The summed E-state index contributed by atoms with van der Waals surface area (Å²) in [4.78, 5) is 13.7. The zero-order valence-corrected chi connectivity index (χ0v) is 14.1. The molecule has 1 heterocycles. The van der Waals surface area contributed by atoms with Crippen molar-refractivity contribution in [3.63, 3.8) is 0 Å². The molecule has 1 aromatic heterocycles. The van der Waals surface area contributed by atoms with Crippen molar-refractivity contribution in [3.05, 3.63) is 20.8 Å². The minimum Gasteiger partial charge on any atom is -0.299 e. The number of rotatable bonds is 4. The van der Waals surface area contributed by atoms with Gasteiger partial charge in [-0.05, 0) is 89.1 Å². The average Bonchev–Trinajstić information content (AvgIpc) is 2.72. The van der Waals surface area contributed by atoms with E-state index >= 15 is 0 Å². The van der Waals surface area contributed by atoms with Gasteiger partial charge in [0.05, 0.1) is 0 Å². The number of carbonyl (C=O) groups is 1. The zero-order chi connectivity index (χ0) is 13.7. The summed E-state index contributed by atoms with van der Waals surface area (Å²) in [7, 11) is 0. The smallest absolute Gasteiger partial charge is 0.138 e. The fourth-order valence-electron chi connectivity index (χ4n) is 5.62. The van der Waals surface area contributed by atoms with Crippen molar-refractivity contribution in [1.82, 2.24) is 0 Å². The Kier molecular flexibility index (Phi) is 3.34. The highest BCUT2D eigenvalue weighted by atomic mass is 79.9. The van der Waals surface area contributed by atoms with Crippen LogP contribution in [0.1, 0.15) is 49.8 Å². The highest BCUT2D eigenvalue weighted by Gasteiger charge is 2.51. The number of carbonyl (C=O) groups excluding carboxylic acids is 1. The van der Waals surface area contributed by atoms with Crippen LogP contribution in [0.2, 0.25) is 0 Å². The topological polar surface area (TPSA) is 17.1 Å². The molecule has 0 atom stereocenters. The Hall–Kier alpha value is -0.150. The van der Waals surface area contributed by atoms with Crippen LogP contribution in [0.3, 0.4) is 0 Å². The third-order valence-electron chi connectivity index (χ3n) is 5.79. The van der Waals surface area contributed by atoms with Crippen LogP contribution in [0.15, 0.2) is 15.9 Å². The standard InChI is InChI=1S/C17H21BrOS/c18-15-1-2-20-16(15)6-14(19)10-17-7-11-3-12(8-17)5-13(4-11)9-17/h1-2,11-13H,3-10H2. The van der Waals surface area contributed by atoms with Gasteiger partial charge < -0.3 is 0 Å². The molecular formula is C17H21BrOS. The molecule has 0 unspecified atom stereocenters. The second-order valence-electron chi connectivity index (χ2n) is 7.50. The molecule has 0 saturated heterocycles. The van der Waals surface area contributed by atoms with Crippen LogP contribution in [0.25, 0.3) is 0 Å². The van der Waals surface area contributed by atoms with Gasteiger partial charge in [-0.1, -0.05) is 0 Å². The van der Waals surface area contributed by atoms with Gasteiger partial charge in [0.15, 0.2) is 0 Å². The van der Waals surface area contributed by atoms with Crippen LogP contribution in [-0.4, -0.2) is 5.78 Å². The Bertz CT molecular complexity index is 498. The molecule has 108 valence electrons. The average molecular weight is 353 g/mol. The van der Waals surface area contributed by atoms with E-state index in [9.17, 15) is 4.79 Å². The number of Topliss-reactive ketones (excluding diaryl/α,β-unsaturated/α-hetero) is 1. The predicted octanol–water partition coefficient (Wildman–Crippen LogP) is 5.23. The molecule has 4 aliphatic rings. The van der Waals surface area contributed by atoms with Gasteiger partial charge in [-0.2, -0.15) is 0 Å². The van der Waals surface area contributed by atoms with E-state index in [2.05, 4.69) is 27.4 Å². The van der Waals surface area contributed by atoms with Crippen LogP contribution in [0.4, 0.5) is 0 Å². The van der Waals surface area contributed by atoms with Gasteiger partial charge in [0.2, 0.25) is 0 Å². The predicted molar refractivity (Wildman–Crippen MR) is 86.0 cm³/mol. The minimum absolute atomic E-state index is 0.398. The molecule has 3 heteroatoms. The Balaban J connectivity index is 1.46. The fourth-order valence-corrected chi connectivity index (χ4v) is 7.14. The molecular weight excluding hydrogens is 332 g/mol. The Morgan fingerprint density at radius 1 is 1.20 bits per heavy atom. The van der Waals surface area contributed by atoms with Gasteiger partial charge in [-0.15, -0.1) is 11.3 Å². The van der Waals surface area contributed by atoms with E-state index in [0.29, 0.717) is 17.6 Å². The Morgan fingerprint density at radius 2 is 1.80 bits per heavy atom. The molecule has 5 rings (SSSR count). The number of ketones is 1. The lowest BCUT2D eigenvalue weighted by molar-refractivity contribution is -0.126. The van der Waals surface area contributed by atoms with Gasteiger partial charge in [0.25, 0.3) is 0 Å². The maximum Gasteiger partial charge on any atom is 0.138 e. The largest absolute Gasteiger partial charge is 0.299 e. The number of hydrogen-bond donors (Lipinski definition) is 0. The molecule has 20 heavy (non-hydrogen) atoms. The molecule has 4 bridgehead atoms. The summed E-state index contributed by atoms with van der Waals surface area (Å²) in [5, 5.41) is 2.07. The van der Waals surface area contributed by atoms with E-state index in [-0.39, 0.29) is 0 Å². The summed E-state index contributed by atoms with van der Waals surface area (Å²) in [6.45, 7) is 0. The highest BCUT2D eigenvalue weighted by Crippen LogP contribution is 2.61. The summed E-state index contributed by atoms with van der Waals surface area (Å²) in [6, 6.07) is 2.05. The van der Waals surface area contributed by atoms with Crippen LogP contribution < -0.4 is 0 Å². The third-order valence-corrected chi connectivity index (χ3v) is 7.71. The lowest BCUT2D eigenvalue weighted by Gasteiger charge is -2.56. The van der Waals surface area contributed by atoms with Crippen LogP contribution in [-0.2, 0) is 11.2 Å². The van der Waals surface area contributed by atoms with Crippen molar-refractivity contribution in [2.24, 2.45) is 23.2 Å². The normalized spacial score (nSPS) is 38.4. The first-order valence-electron chi connectivity index (χ1n) is 7.85. The first-order chi connectivity index (χ1) is 9.62. The Labute approximate surface area is 133 Å². The van der Waals surface area contributed by atoms with Crippen molar-refractivity contribution >= 4 is 33.0 Å². The van der Waals surface area contributed by atoms with Gasteiger partial charge in [-0.25, -0.2) is 0 Å².